The molecule has 0 aliphatic heterocycles. The van der Waals surface area contributed by atoms with Crippen molar-refractivity contribution < 1.29 is 0 Å². The van der Waals surface area contributed by atoms with E-state index in [4.69, 9.17) is 4.98 Å². The van der Waals surface area contributed by atoms with E-state index in [1.54, 1.807) is 11.3 Å². The van der Waals surface area contributed by atoms with Gasteiger partial charge in [-0.05, 0) is 20.9 Å². The van der Waals surface area contributed by atoms with Gasteiger partial charge in [-0.25, -0.2) is 4.98 Å². The van der Waals surface area contributed by atoms with E-state index in [2.05, 4.69) is 67.9 Å². The fourth-order valence-corrected chi connectivity index (χ4v) is 2.75. The van der Waals surface area contributed by atoms with Crippen LogP contribution in [0.15, 0.2) is 5.38 Å². The Balaban J connectivity index is 2.74. The maximum atomic E-state index is 4.73. The molecular formula is C13H23BrN2S. The van der Waals surface area contributed by atoms with Crippen molar-refractivity contribution in [3.05, 3.63) is 16.1 Å². The summed E-state index contributed by atoms with van der Waals surface area (Å²) in [7, 11) is 2.15. The molecule has 1 heterocycles. The second-order valence-corrected chi connectivity index (χ2v) is 7.68. The van der Waals surface area contributed by atoms with Crippen LogP contribution in [0.25, 0.3) is 0 Å². The summed E-state index contributed by atoms with van der Waals surface area (Å²) in [5, 5.41) is 4.35. The Kier molecular flexibility index (Phi) is 4.78. The van der Waals surface area contributed by atoms with Crippen LogP contribution in [0.1, 0.15) is 45.3 Å². The Morgan fingerprint density at radius 1 is 1.29 bits per heavy atom. The van der Waals surface area contributed by atoms with E-state index in [1.165, 1.54) is 10.7 Å². The average molecular weight is 319 g/mol. The summed E-state index contributed by atoms with van der Waals surface area (Å²) >= 11 is 5.33. The largest absolute Gasteiger partial charge is 0.294 e. The van der Waals surface area contributed by atoms with Crippen LogP contribution in [0.3, 0.4) is 0 Å². The Hall–Kier alpha value is 0.0700. The first-order chi connectivity index (χ1) is 7.66. The Morgan fingerprint density at radius 2 is 1.88 bits per heavy atom. The Labute approximate surface area is 118 Å². The monoisotopic (exact) mass is 318 g/mol. The molecule has 0 spiro atoms. The van der Waals surface area contributed by atoms with Gasteiger partial charge in [-0.1, -0.05) is 36.7 Å². The maximum Gasteiger partial charge on any atom is 0.107 e. The third kappa shape index (κ3) is 4.04. The minimum Gasteiger partial charge on any atom is -0.294 e. The number of rotatable bonds is 4. The van der Waals surface area contributed by atoms with Crippen LogP contribution in [0, 0.1) is 0 Å². The minimum atomic E-state index is 0.151. The molecule has 0 saturated carbocycles. The van der Waals surface area contributed by atoms with Gasteiger partial charge in [0.15, 0.2) is 0 Å². The molecule has 0 saturated heterocycles. The summed E-state index contributed by atoms with van der Waals surface area (Å²) in [5.74, 6) is 0. The van der Waals surface area contributed by atoms with Crippen LogP contribution >= 0.6 is 27.3 Å². The van der Waals surface area contributed by atoms with Gasteiger partial charge >= 0.3 is 0 Å². The number of hydrogen-bond donors (Lipinski definition) is 0. The van der Waals surface area contributed by atoms with Crippen molar-refractivity contribution in [2.45, 2.75) is 52.1 Å². The first kappa shape index (κ1) is 15.1. The Bertz CT molecular complexity index is 366. The van der Waals surface area contributed by atoms with Gasteiger partial charge in [-0.2, -0.15) is 0 Å². The molecule has 1 aromatic heterocycles. The molecule has 17 heavy (non-hydrogen) atoms. The van der Waals surface area contributed by atoms with Crippen LogP contribution in [0.4, 0.5) is 0 Å². The highest BCUT2D eigenvalue weighted by Gasteiger charge is 2.24. The lowest BCUT2D eigenvalue weighted by Crippen LogP contribution is -2.41. The molecule has 0 fully saturated rings. The first-order valence-corrected chi connectivity index (χ1v) is 7.89. The van der Waals surface area contributed by atoms with Gasteiger partial charge in [-0.3, -0.25) is 4.90 Å². The van der Waals surface area contributed by atoms with Crippen molar-refractivity contribution >= 4 is 27.3 Å². The van der Waals surface area contributed by atoms with Gasteiger partial charge in [-0.15, -0.1) is 11.3 Å². The zero-order chi connectivity index (χ0) is 13.3. The molecule has 0 aliphatic carbocycles. The molecule has 4 heteroatoms. The molecule has 0 aliphatic rings. The van der Waals surface area contributed by atoms with Crippen molar-refractivity contribution in [1.29, 1.82) is 0 Å². The topological polar surface area (TPSA) is 16.1 Å². The zero-order valence-corrected chi connectivity index (χ0v) is 14.1. The van der Waals surface area contributed by atoms with Gasteiger partial charge in [0, 0.05) is 21.7 Å². The molecule has 0 bridgehead atoms. The first-order valence-electron chi connectivity index (χ1n) is 5.89. The molecule has 0 radical (unpaired) electrons. The summed E-state index contributed by atoms with van der Waals surface area (Å²) in [6.45, 7) is 12.0. The summed E-state index contributed by atoms with van der Waals surface area (Å²) in [5.41, 5.74) is 1.51. The summed E-state index contributed by atoms with van der Waals surface area (Å²) in [6.07, 6.45) is 0. The third-order valence-electron chi connectivity index (χ3n) is 3.05. The quantitative estimate of drug-likeness (QED) is 0.779. The standard InChI is InChI=1S/C13H23BrN2S/c1-12(2,3)10-8-17-11(15-10)7-16(6)13(4,5)9-14/h8H,7,9H2,1-6H3. The van der Waals surface area contributed by atoms with Crippen LogP contribution < -0.4 is 0 Å². The number of halogens is 1. The van der Waals surface area contributed by atoms with E-state index in [0.29, 0.717) is 0 Å². The highest BCUT2D eigenvalue weighted by molar-refractivity contribution is 9.09. The number of thiazole rings is 1. The van der Waals surface area contributed by atoms with Crippen LogP contribution in [-0.4, -0.2) is 27.8 Å². The lowest BCUT2D eigenvalue weighted by atomic mass is 9.93. The number of alkyl halides is 1. The van der Waals surface area contributed by atoms with E-state index < -0.39 is 0 Å². The number of aromatic nitrogens is 1. The molecule has 0 amide bonds. The molecule has 1 aromatic rings. The van der Waals surface area contributed by atoms with Crippen molar-refractivity contribution in [3.63, 3.8) is 0 Å². The van der Waals surface area contributed by atoms with E-state index in [1.807, 2.05) is 0 Å². The highest BCUT2D eigenvalue weighted by Crippen LogP contribution is 2.25. The maximum absolute atomic E-state index is 4.73. The molecule has 1 rings (SSSR count). The minimum absolute atomic E-state index is 0.151. The molecule has 0 aromatic carbocycles. The fourth-order valence-electron chi connectivity index (χ4n) is 1.25. The summed E-state index contributed by atoms with van der Waals surface area (Å²) in [4.78, 5) is 7.07. The van der Waals surface area contributed by atoms with Crippen molar-refractivity contribution in [1.82, 2.24) is 9.88 Å². The van der Waals surface area contributed by atoms with Crippen LogP contribution in [-0.2, 0) is 12.0 Å². The van der Waals surface area contributed by atoms with E-state index in [0.717, 1.165) is 11.9 Å². The summed E-state index contributed by atoms with van der Waals surface area (Å²) in [6, 6.07) is 0. The van der Waals surface area contributed by atoms with Gasteiger partial charge in [0.05, 0.1) is 12.2 Å². The molecule has 0 atom stereocenters. The van der Waals surface area contributed by atoms with Gasteiger partial charge in [0.2, 0.25) is 0 Å². The second kappa shape index (κ2) is 5.37. The van der Waals surface area contributed by atoms with E-state index >= 15 is 0 Å². The predicted octanol–water partition coefficient (Wildman–Crippen LogP) is 4.05. The molecule has 98 valence electrons. The predicted molar refractivity (Wildman–Crippen MR) is 80.2 cm³/mol. The van der Waals surface area contributed by atoms with Crippen molar-refractivity contribution in [2.75, 3.05) is 12.4 Å². The van der Waals surface area contributed by atoms with Crippen LogP contribution in [0.2, 0.25) is 0 Å². The van der Waals surface area contributed by atoms with Gasteiger partial charge < -0.3 is 0 Å². The van der Waals surface area contributed by atoms with Crippen LogP contribution in [0.5, 0.6) is 0 Å². The van der Waals surface area contributed by atoms with E-state index in [9.17, 15) is 0 Å². The second-order valence-electron chi connectivity index (χ2n) is 6.18. The number of hydrogen-bond acceptors (Lipinski definition) is 3. The average Bonchev–Trinajstić information content (AvgIpc) is 2.65. The Morgan fingerprint density at radius 3 is 2.29 bits per heavy atom. The van der Waals surface area contributed by atoms with Gasteiger partial charge in [0.25, 0.3) is 0 Å². The lowest BCUT2D eigenvalue weighted by molar-refractivity contribution is 0.173. The lowest BCUT2D eigenvalue weighted by Gasteiger charge is -2.33. The molecular weight excluding hydrogens is 296 g/mol. The van der Waals surface area contributed by atoms with Crippen molar-refractivity contribution in [3.8, 4) is 0 Å². The highest BCUT2D eigenvalue weighted by atomic mass is 79.9. The zero-order valence-electron chi connectivity index (χ0n) is 11.7. The number of nitrogens with zero attached hydrogens (tertiary/aromatic N) is 2. The van der Waals surface area contributed by atoms with Gasteiger partial charge in [0.1, 0.15) is 5.01 Å². The smallest absolute Gasteiger partial charge is 0.107 e. The summed E-state index contributed by atoms with van der Waals surface area (Å²) < 4.78 is 0. The molecule has 0 unspecified atom stereocenters. The fraction of sp³-hybridized carbons (Fsp3) is 0.769. The third-order valence-corrected chi connectivity index (χ3v) is 5.26. The SMILES string of the molecule is CN(Cc1nc(C(C)(C)C)cs1)C(C)(C)CBr. The van der Waals surface area contributed by atoms with Crippen molar-refractivity contribution in [2.24, 2.45) is 0 Å². The molecule has 2 nitrogen and oxygen atoms in total. The molecule has 0 N–H and O–H groups in total. The normalized spacial score (nSPS) is 13.4. The van der Waals surface area contributed by atoms with E-state index in [-0.39, 0.29) is 11.0 Å².